The molecule has 1 aliphatic heterocycles. The second-order valence-electron chi connectivity index (χ2n) is 4.74. The highest BCUT2D eigenvalue weighted by atomic mass is 35.5. The molecule has 0 bridgehead atoms. The zero-order valence-corrected chi connectivity index (χ0v) is 12.1. The van der Waals surface area contributed by atoms with Gasteiger partial charge in [-0.15, -0.1) is 0 Å². The maximum atomic E-state index is 13.3. The van der Waals surface area contributed by atoms with Gasteiger partial charge in [-0.1, -0.05) is 17.7 Å². The van der Waals surface area contributed by atoms with Gasteiger partial charge in [-0.25, -0.2) is 9.18 Å². The Morgan fingerprint density at radius 2 is 2.25 bits per heavy atom. The number of methoxy groups -OCH3 is 1. The highest BCUT2D eigenvalue weighted by Crippen LogP contribution is 2.26. The van der Waals surface area contributed by atoms with Crippen molar-refractivity contribution in [3.05, 3.63) is 34.6 Å². The van der Waals surface area contributed by atoms with E-state index < -0.39 is 11.9 Å². The second-order valence-corrected chi connectivity index (χ2v) is 5.15. The first-order valence-corrected chi connectivity index (χ1v) is 6.99. The van der Waals surface area contributed by atoms with Gasteiger partial charge in [0.2, 0.25) is 0 Å². The lowest BCUT2D eigenvalue weighted by Gasteiger charge is -2.28. The predicted molar refractivity (Wildman–Crippen MR) is 75.2 cm³/mol. The highest BCUT2D eigenvalue weighted by Gasteiger charge is 2.29. The van der Waals surface area contributed by atoms with E-state index in [9.17, 15) is 9.18 Å². The Morgan fingerprint density at radius 3 is 2.95 bits per heavy atom. The molecular formula is C14H18ClFN2O2. The van der Waals surface area contributed by atoms with Gasteiger partial charge >= 0.3 is 5.97 Å². The zero-order chi connectivity index (χ0) is 14.5. The molecule has 1 N–H and O–H groups in total. The Balaban J connectivity index is 2.30. The molecule has 1 aliphatic rings. The summed E-state index contributed by atoms with van der Waals surface area (Å²) in [5.41, 5.74) is 0.658. The SMILES string of the molecule is COC(=O)C(c1ccc(F)c(Cl)c1)N1CCCNCC1. The summed E-state index contributed by atoms with van der Waals surface area (Å²) in [4.78, 5) is 14.1. The second kappa shape index (κ2) is 7.02. The van der Waals surface area contributed by atoms with E-state index in [0.717, 1.165) is 32.6 Å². The van der Waals surface area contributed by atoms with Crippen LogP contribution >= 0.6 is 11.6 Å². The van der Waals surface area contributed by atoms with E-state index >= 15 is 0 Å². The molecule has 1 fully saturated rings. The van der Waals surface area contributed by atoms with Crippen molar-refractivity contribution in [1.29, 1.82) is 0 Å². The Morgan fingerprint density at radius 1 is 1.45 bits per heavy atom. The minimum absolute atomic E-state index is 0.0179. The molecule has 0 aromatic heterocycles. The summed E-state index contributed by atoms with van der Waals surface area (Å²) in [6.45, 7) is 3.24. The molecule has 2 rings (SSSR count). The van der Waals surface area contributed by atoms with Crippen LogP contribution in [0, 0.1) is 5.82 Å². The molecule has 6 heteroatoms. The molecule has 4 nitrogen and oxygen atoms in total. The fraction of sp³-hybridized carbons (Fsp3) is 0.500. The molecule has 0 amide bonds. The third kappa shape index (κ3) is 3.48. The summed E-state index contributed by atoms with van der Waals surface area (Å²) in [5.74, 6) is -0.842. The quantitative estimate of drug-likeness (QED) is 0.867. The van der Waals surface area contributed by atoms with Crippen LogP contribution in [0.2, 0.25) is 5.02 Å². The number of nitrogens with one attached hydrogen (secondary N) is 1. The van der Waals surface area contributed by atoms with E-state index in [1.54, 1.807) is 6.07 Å². The van der Waals surface area contributed by atoms with Crippen LogP contribution in [0.5, 0.6) is 0 Å². The molecule has 0 aliphatic carbocycles. The smallest absolute Gasteiger partial charge is 0.327 e. The molecule has 0 radical (unpaired) electrons. The summed E-state index contributed by atoms with van der Waals surface area (Å²) >= 11 is 5.82. The van der Waals surface area contributed by atoms with Gasteiger partial charge in [0, 0.05) is 19.6 Å². The molecule has 1 saturated heterocycles. The number of esters is 1. The van der Waals surface area contributed by atoms with E-state index in [2.05, 4.69) is 5.32 Å². The predicted octanol–water partition coefficient (Wildman–Crippen LogP) is 1.99. The number of rotatable bonds is 3. The number of halogens is 2. The van der Waals surface area contributed by atoms with Crippen LogP contribution in [-0.4, -0.2) is 44.2 Å². The minimum Gasteiger partial charge on any atom is -0.468 e. The van der Waals surface area contributed by atoms with Crippen molar-refractivity contribution in [3.63, 3.8) is 0 Å². The van der Waals surface area contributed by atoms with Crippen molar-refractivity contribution in [2.24, 2.45) is 0 Å². The highest BCUT2D eigenvalue weighted by molar-refractivity contribution is 6.30. The summed E-state index contributed by atoms with van der Waals surface area (Å²) in [6, 6.07) is 3.82. The average Bonchev–Trinajstić information content (AvgIpc) is 2.72. The first-order chi connectivity index (χ1) is 9.63. The lowest BCUT2D eigenvalue weighted by atomic mass is 10.0. The first-order valence-electron chi connectivity index (χ1n) is 6.61. The maximum absolute atomic E-state index is 13.3. The molecule has 1 heterocycles. The fourth-order valence-electron chi connectivity index (χ4n) is 2.41. The molecule has 1 aromatic carbocycles. The lowest BCUT2D eigenvalue weighted by molar-refractivity contribution is -0.147. The third-order valence-electron chi connectivity index (χ3n) is 3.42. The van der Waals surface area contributed by atoms with Gasteiger partial charge in [-0.05, 0) is 30.7 Å². The van der Waals surface area contributed by atoms with Gasteiger partial charge in [0.15, 0.2) is 0 Å². The van der Waals surface area contributed by atoms with E-state index in [-0.39, 0.29) is 11.0 Å². The fourth-order valence-corrected chi connectivity index (χ4v) is 2.60. The number of hydrogen-bond donors (Lipinski definition) is 1. The average molecular weight is 301 g/mol. The molecule has 0 saturated carbocycles. The minimum atomic E-state index is -0.544. The van der Waals surface area contributed by atoms with E-state index in [1.165, 1.54) is 19.2 Å². The monoisotopic (exact) mass is 300 g/mol. The number of ether oxygens (including phenoxy) is 1. The number of carbonyl (C=O) groups is 1. The normalized spacial score (nSPS) is 18.4. The summed E-state index contributed by atoms with van der Waals surface area (Å²) < 4.78 is 18.2. The molecule has 1 atom stereocenters. The number of carbonyl (C=O) groups excluding carboxylic acids is 1. The Kier molecular flexibility index (Phi) is 5.34. The van der Waals surface area contributed by atoms with Crippen molar-refractivity contribution in [1.82, 2.24) is 10.2 Å². The van der Waals surface area contributed by atoms with E-state index in [0.29, 0.717) is 5.56 Å². The van der Waals surface area contributed by atoms with Crippen LogP contribution in [0.1, 0.15) is 18.0 Å². The van der Waals surface area contributed by atoms with Crippen LogP contribution < -0.4 is 5.32 Å². The number of hydrogen-bond acceptors (Lipinski definition) is 4. The molecule has 0 spiro atoms. The summed E-state index contributed by atoms with van der Waals surface area (Å²) in [7, 11) is 1.36. The van der Waals surface area contributed by atoms with Gasteiger partial charge in [-0.3, -0.25) is 4.90 Å². The van der Waals surface area contributed by atoms with Gasteiger partial charge in [0.25, 0.3) is 0 Å². The van der Waals surface area contributed by atoms with Crippen molar-refractivity contribution in [2.75, 3.05) is 33.3 Å². The van der Waals surface area contributed by atoms with E-state index in [1.807, 2.05) is 4.90 Å². The largest absolute Gasteiger partial charge is 0.468 e. The van der Waals surface area contributed by atoms with Gasteiger partial charge < -0.3 is 10.1 Å². The zero-order valence-electron chi connectivity index (χ0n) is 11.4. The maximum Gasteiger partial charge on any atom is 0.327 e. The van der Waals surface area contributed by atoms with E-state index in [4.69, 9.17) is 16.3 Å². The molecule has 1 unspecified atom stereocenters. The van der Waals surface area contributed by atoms with Crippen molar-refractivity contribution in [2.45, 2.75) is 12.5 Å². The van der Waals surface area contributed by atoms with Crippen LogP contribution in [0.4, 0.5) is 4.39 Å². The molecule has 1 aromatic rings. The molecule has 20 heavy (non-hydrogen) atoms. The van der Waals surface area contributed by atoms with Crippen molar-refractivity contribution < 1.29 is 13.9 Å². The van der Waals surface area contributed by atoms with Crippen molar-refractivity contribution in [3.8, 4) is 0 Å². The van der Waals surface area contributed by atoms with Gasteiger partial charge in [0.05, 0.1) is 12.1 Å². The molecular weight excluding hydrogens is 283 g/mol. The van der Waals surface area contributed by atoms with Crippen molar-refractivity contribution >= 4 is 17.6 Å². The Hall–Kier alpha value is -1.17. The summed E-state index contributed by atoms with van der Waals surface area (Å²) in [5, 5.41) is 3.30. The number of benzene rings is 1. The summed E-state index contributed by atoms with van der Waals surface area (Å²) in [6.07, 6.45) is 0.947. The van der Waals surface area contributed by atoms with Gasteiger partial charge in [0.1, 0.15) is 11.9 Å². The first kappa shape index (κ1) is 15.2. The third-order valence-corrected chi connectivity index (χ3v) is 3.71. The molecule has 110 valence electrons. The van der Waals surface area contributed by atoms with Gasteiger partial charge in [-0.2, -0.15) is 0 Å². The lowest BCUT2D eigenvalue weighted by Crippen LogP contribution is -2.37. The van der Waals surface area contributed by atoms with Crippen LogP contribution in [0.25, 0.3) is 0 Å². The number of nitrogens with zero attached hydrogens (tertiary/aromatic N) is 1. The standard InChI is InChI=1S/C14H18ClFN2O2/c1-20-14(19)13(18-7-2-5-17-6-8-18)10-3-4-12(16)11(15)9-10/h3-4,9,13,17H,2,5-8H2,1H3. The Labute approximate surface area is 122 Å². The van der Waals surface area contributed by atoms with Crippen LogP contribution in [-0.2, 0) is 9.53 Å². The Bertz CT molecular complexity index is 476. The van der Waals surface area contributed by atoms with Crippen LogP contribution in [0.15, 0.2) is 18.2 Å². The van der Waals surface area contributed by atoms with Crippen LogP contribution in [0.3, 0.4) is 0 Å². The topological polar surface area (TPSA) is 41.6 Å².